The zero-order chi connectivity index (χ0) is 17.9. The Morgan fingerprint density at radius 1 is 0.962 bits per heavy atom. The first kappa shape index (κ1) is 16.4. The van der Waals surface area contributed by atoms with Gasteiger partial charge in [-0.05, 0) is 36.4 Å². The Labute approximate surface area is 155 Å². The molecule has 0 saturated heterocycles. The smallest absolute Gasteiger partial charge is 0.264 e. The third-order valence-electron chi connectivity index (χ3n) is 4.00. The summed E-state index contributed by atoms with van der Waals surface area (Å²) in [7, 11) is 1.93. The number of nitrogens with zero attached hydrogens (tertiary/aromatic N) is 3. The van der Waals surface area contributed by atoms with Crippen molar-refractivity contribution in [3.8, 4) is 17.3 Å². The normalized spacial score (nSPS) is 12.1. The van der Waals surface area contributed by atoms with E-state index < -0.39 is 6.10 Å². The highest BCUT2D eigenvalue weighted by Crippen LogP contribution is 2.30. The highest BCUT2D eigenvalue weighted by Gasteiger charge is 2.24. The van der Waals surface area contributed by atoms with Gasteiger partial charge in [-0.15, -0.1) is 10.2 Å². The summed E-state index contributed by atoms with van der Waals surface area (Å²) in [6.07, 6.45) is 1.41. The van der Waals surface area contributed by atoms with Gasteiger partial charge in [-0.1, -0.05) is 41.9 Å². The van der Waals surface area contributed by atoms with E-state index in [1.54, 1.807) is 12.1 Å². The van der Waals surface area contributed by atoms with Crippen LogP contribution in [0.2, 0.25) is 5.02 Å². The summed E-state index contributed by atoms with van der Waals surface area (Å²) in [5.41, 5.74) is 1.77. The summed E-state index contributed by atoms with van der Waals surface area (Å²) in [6, 6.07) is 20.8. The second-order valence-corrected chi connectivity index (χ2v) is 6.25. The summed E-state index contributed by atoms with van der Waals surface area (Å²) in [5.74, 6) is 1.51. The van der Waals surface area contributed by atoms with Crippen LogP contribution < -0.4 is 4.74 Å². The Bertz CT molecular complexity index is 993. The molecule has 6 heteroatoms. The zero-order valence-corrected chi connectivity index (χ0v) is 14.8. The number of hydrogen-bond acceptors (Lipinski definition) is 4. The van der Waals surface area contributed by atoms with Crippen molar-refractivity contribution in [2.75, 3.05) is 0 Å². The van der Waals surface area contributed by atoms with Crippen LogP contribution in [0, 0.1) is 0 Å². The van der Waals surface area contributed by atoms with E-state index in [9.17, 15) is 0 Å². The van der Waals surface area contributed by atoms with Crippen molar-refractivity contribution in [3.05, 3.63) is 89.4 Å². The number of rotatable bonds is 5. The predicted octanol–water partition coefficient (Wildman–Crippen LogP) is 4.90. The first-order chi connectivity index (χ1) is 12.7. The van der Waals surface area contributed by atoms with E-state index >= 15 is 0 Å². The summed E-state index contributed by atoms with van der Waals surface area (Å²) in [4.78, 5) is 0. The van der Waals surface area contributed by atoms with Crippen LogP contribution in [-0.2, 0) is 7.05 Å². The third-order valence-corrected chi connectivity index (χ3v) is 4.25. The molecule has 2 heterocycles. The van der Waals surface area contributed by atoms with Gasteiger partial charge in [0.1, 0.15) is 11.4 Å². The lowest BCUT2D eigenvalue weighted by atomic mass is 10.1. The molecule has 0 aliphatic rings. The van der Waals surface area contributed by atoms with E-state index in [1.165, 1.54) is 0 Å². The molecule has 0 spiro atoms. The SMILES string of the molecule is Cn1cccc1-c1nnc(C(Oc2ccc(Cl)cc2)c2ccccc2)o1. The van der Waals surface area contributed by atoms with E-state index in [0.717, 1.165) is 11.3 Å². The molecule has 0 amide bonds. The Hall–Kier alpha value is -3.05. The van der Waals surface area contributed by atoms with Gasteiger partial charge in [0.2, 0.25) is 6.10 Å². The van der Waals surface area contributed by atoms with Crippen LogP contribution in [-0.4, -0.2) is 14.8 Å². The standard InChI is InChI=1S/C20H16ClN3O2/c1-24-13-5-8-17(24)19-22-23-20(26-19)18(14-6-3-2-4-7-14)25-16-11-9-15(21)10-12-16/h2-13,18H,1H3. The lowest BCUT2D eigenvalue weighted by Gasteiger charge is -2.16. The summed E-state index contributed by atoms with van der Waals surface area (Å²) in [5, 5.41) is 9.06. The Kier molecular flexibility index (Phi) is 4.46. The van der Waals surface area contributed by atoms with Crippen LogP contribution in [0.25, 0.3) is 11.6 Å². The van der Waals surface area contributed by atoms with Crippen molar-refractivity contribution >= 4 is 11.6 Å². The molecule has 5 nitrogen and oxygen atoms in total. The van der Waals surface area contributed by atoms with Gasteiger partial charge < -0.3 is 13.7 Å². The van der Waals surface area contributed by atoms with Gasteiger partial charge in [0.25, 0.3) is 11.8 Å². The first-order valence-electron chi connectivity index (χ1n) is 8.13. The van der Waals surface area contributed by atoms with Gasteiger partial charge in [-0.25, -0.2) is 0 Å². The lowest BCUT2D eigenvalue weighted by Crippen LogP contribution is -2.10. The Morgan fingerprint density at radius 2 is 1.73 bits per heavy atom. The molecule has 4 rings (SSSR count). The summed E-state index contributed by atoms with van der Waals surface area (Å²) < 4.78 is 14.0. The summed E-state index contributed by atoms with van der Waals surface area (Å²) >= 11 is 5.96. The minimum absolute atomic E-state index is 0.391. The molecular weight excluding hydrogens is 350 g/mol. The number of aryl methyl sites for hydroxylation is 1. The maximum atomic E-state index is 6.14. The number of hydrogen-bond donors (Lipinski definition) is 0. The van der Waals surface area contributed by atoms with Crippen LogP contribution in [0.15, 0.2) is 77.3 Å². The van der Waals surface area contributed by atoms with Crippen molar-refractivity contribution in [3.63, 3.8) is 0 Å². The van der Waals surface area contributed by atoms with Crippen LogP contribution in [0.1, 0.15) is 17.6 Å². The van der Waals surface area contributed by atoms with Gasteiger partial charge in [0, 0.05) is 23.8 Å². The fraction of sp³-hybridized carbons (Fsp3) is 0.100. The molecule has 2 aromatic heterocycles. The van der Waals surface area contributed by atoms with Crippen LogP contribution in [0.5, 0.6) is 5.75 Å². The van der Waals surface area contributed by atoms with E-state index in [4.69, 9.17) is 20.8 Å². The van der Waals surface area contributed by atoms with E-state index in [-0.39, 0.29) is 0 Å². The molecule has 0 radical (unpaired) electrons. The fourth-order valence-electron chi connectivity index (χ4n) is 2.67. The van der Waals surface area contributed by atoms with Crippen molar-refractivity contribution in [1.29, 1.82) is 0 Å². The van der Waals surface area contributed by atoms with Gasteiger partial charge in [-0.2, -0.15) is 0 Å². The number of ether oxygens (including phenoxy) is 1. The minimum atomic E-state index is -0.515. The van der Waals surface area contributed by atoms with Gasteiger partial charge >= 0.3 is 0 Å². The number of benzene rings is 2. The van der Waals surface area contributed by atoms with Crippen molar-refractivity contribution in [1.82, 2.24) is 14.8 Å². The number of aromatic nitrogens is 3. The fourth-order valence-corrected chi connectivity index (χ4v) is 2.79. The molecule has 4 aromatic rings. The quantitative estimate of drug-likeness (QED) is 0.505. The average molecular weight is 366 g/mol. The second kappa shape index (κ2) is 7.06. The van der Waals surface area contributed by atoms with Crippen LogP contribution >= 0.6 is 11.6 Å². The van der Waals surface area contributed by atoms with Crippen molar-refractivity contribution in [2.24, 2.45) is 7.05 Å². The molecule has 26 heavy (non-hydrogen) atoms. The molecule has 0 bridgehead atoms. The molecule has 0 N–H and O–H groups in total. The van der Waals surface area contributed by atoms with E-state index in [2.05, 4.69) is 10.2 Å². The molecule has 130 valence electrons. The predicted molar refractivity (Wildman–Crippen MR) is 99.1 cm³/mol. The number of halogens is 1. The van der Waals surface area contributed by atoms with Crippen LogP contribution in [0.3, 0.4) is 0 Å². The molecule has 0 saturated carbocycles. The molecule has 1 unspecified atom stereocenters. The Balaban J connectivity index is 1.70. The van der Waals surface area contributed by atoms with E-state index in [0.29, 0.717) is 22.6 Å². The topological polar surface area (TPSA) is 53.1 Å². The van der Waals surface area contributed by atoms with Gasteiger partial charge in [-0.3, -0.25) is 0 Å². The van der Waals surface area contributed by atoms with E-state index in [1.807, 2.05) is 72.4 Å². The monoisotopic (exact) mass is 365 g/mol. The van der Waals surface area contributed by atoms with Crippen LogP contribution in [0.4, 0.5) is 0 Å². The molecule has 2 aromatic carbocycles. The molecule has 1 atom stereocenters. The molecule has 0 fully saturated rings. The zero-order valence-electron chi connectivity index (χ0n) is 14.0. The minimum Gasteiger partial charge on any atom is -0.476 e. The molecule has 0 aliphatic carbocycles. The largest absolute Gasteiger partial charge is 0.476 e. The first-order valence-corrected chi connectivity index (χ1v) is 8.51. The second-order valence-electron chi connectivity index (χ2n) is 5.81. The highest BCUT2D eigenvalue weighted by atomic mass is 35.5. The maximum Gasteiger partial charge on any atom is 0.264 e. The van der Waals surface area contributed by atoms with Crippen molar-refractivity contribution in [2.45, 2.75) is 6.10 Å². The maximum absolute atomic E-state index is 6.14. The summed E-state index contributed by atoms with van der Waals surface area (Å²) in [6.45, 7) is 0. The lowest BCUT2D eigenvalue weighted by molar-refractivity contribution is 0.209. The molecular formula is C20H16ClN3O2. The van der Waals surface area contributed by atoms with Crippen molar-refractivity contribution < 1.29 is 9.15 Å². The highest BCUT2D eigenvalue weighted by molar-refractivity contribution is 6.30. The Morgan fingerprint density at radius 3 is 2.42 bits per heavy atom. The van der Waals surface area contributed by atoms with Gasteiger partial charge in [0.05, 0.1) is 0 Å². The van der Waals surface area contributed by atoms with Gasteiger partial charge in [0.15, 0.2) is 0 Å². The third kappa shape index (κ3) is 3.34. The average Bonchev–Trinajstić information content (AvgIpc) is 3.31. The molecule has 0 aliphatic heterocycles.